The van der Waals surface area contributed by atoms with Crippen LogP contribution in [0, 0.1) is 0 Å². The van der Waals surface area contributed by atoms with E-state index in [0.29, 0.717) is 13.0 Å². The summed E-state index contributed by atoms with van der Waals surface area (Å²) in [5, 5.41) is 12.6. The molecule has 0 fully saturated rings. The van der Waals surface area contributed by atoms with Gasteiger partial charge in [0.05, 0.1) is 13.2 Å². The van der Waals surface area contributed by atoms with Gasteiger partial charge in [0, 0.05) is 18.7 Å². The smallest absolute Gasteiger partial charge is 0.119 e. The molecule has 2 rings (SSSR count). The average Bonchev–Trinajstić information content (AvgIpc) is 2.16. The molecule has 0 aliphatic carbocycles. The summed E-state index contributed by atoms with van der Waals surface area (Å²) in [7, 11) is 1.65. The summed E-state index contributed by atoms with van der Waals surface area (Å²) in [6, 6.07) is 5.87. The molecule has 0 saturated carbocycles. The third kappa shape index (κ3) is 1.60. The van der Waals surface area contributed by atoms with E-state index in [1.807, 2.05) is 18.2 Å². The lowest BCUT2D eigenvalue weighted by Gasteiger charge is -2.22. The SMILES string of the molecule is COc1ccc2c(c1)CC(O)CN2. The van der Waals surface area contributed by atoms with Crippen LogP contribution in [0.5, 0.6) is 5.75 Å². The molecule has 0 spiro atoms. The van der Waals surface area contributed by atoms with Crippen LogP contribution in [-0.4, -0.2) is 24.9 Å². The second kappa shape index (κ2) is 3.26. The fourth-order valence-electron chi connectivity index (χ4n) is 1.59. The molecule has 1 aromatic carbocycles. The molecule has 1 aromatic rings. The molecule has 70 valence electrons. The van der Waals surface area contributed by atoms with E-state index < -0.39 is 0 Å². The first kappa shape index (κ1) is 8.38. The van der Waals surface area contributed by atoms with Gasteiger partial charge in [-0.25, -0.2) is 0 Å². The zero-order valence-electron chi connectivity index (χ0n) is 7.58. The maximum atomic E-state index is 9.42. The number of anilines is 1. The van der Waals surface area contributed by atoms with E-state index in [4.69, 9.17) is 4.74 Å². The Hall–Kier alpha value is -1.22. The van der Waals surface area contributed by atoms with Crippen LogP contribution in [0.3, 0.4) is 0 Å². The van der Waals surface area contributed by atoms with Crippen molar-refractivity contribution in [1.29, 1.82) is 0 Å². The minimum absolute atomic E-state index is 0.278. The summed E-state index contributed by atoms with van der Waals surface area (Å²) in [6.07, 6.45) is 0.430. The van der Waals surface area contributed by atoms with Gasteiger partial charge in [0.1, 0.15) is 5.75 Å². The highest BCUT2D eigenvalue weighted by Crippen LogP contribution is 2.26. The number of nitrogens with one attached hydrogen (secondary N) is 1. The number of rotatable bonds is 1. The first-order valence-electron chi connectivity index (χ1n) is 4.38. The van der Waals surface area contributed by atoms with Gasteiger partial charge in [-0.05, 0) is 23.8 Å². The number of aliphatic hydroxyl groups is 1. The summed E-state index contributed by atoms with van der Waals surface area (Å²) < 4.78 is 5.11. The van der Waals surface area contributed by atoms with Crippen molar-refractivity contribution in [3.63, 3.8) is 0 Å². The number of aliphatic hydroxyl groups excluding tert-OH is 1. The van der Waals surface area contributed by atoms with Gasteiger partial charge in [0.25, 0.3) is 0 Å². The lowest BCUT2D eigenvalue weighted by molar-refractivity contribution is 0.184. The maximum Gasteiger partial charge on any atom is 0.119 e. The van der Waals surface area contributed by atoms with Gasteiger partial charge < -0.3 is 15.2 Å². The van der Waals surface area contributed by atoms with Gasteiger partial charge in [-0.2, -0.15) is 0 Å². The molecule has 0 amide bonds. The molecule has 3 heteroatoms. The van der Waals surface area contributed by atoms with Crippen molar-refractivity contribution in [1.82, 2.24) is 0 Å². The highest BCUT2D eigenvalue weighted by atomic mass is 16.5. The van der Waals surface area contributed by atoms with Gasteiger partial charge in [-0.3, -0.25) is 0 Å². The Morgan fingerprint density at radius 1 is 1.54 bits per heavy atom. The standard InChI is InChI=1S/C10H13NO2/c1-13-9-2-3-10-7(5-9)4-8(12)6-11-10/h2-3,5,8,11-12H,4,6H2,1H3. The first-order valence-corrected chi connectivity index (χ1v) is 4.38. The molecular formula is C10H13NO2. The highest BCUT2D eigenvalue weighted by molar-refractivity contribution is 5.56. The van der Waals surface area contributed by atoms with E-state index in [1.165, 1.54) is 0 Å². The summed E-state index contributed by atoms with van der Waals surface area (Å²) in [5.74, 6) is 0.842. The molecule has 13 heavy (non-hydrogen) atoms. The average molecular weight is 179 g/mol. The van der Waals surface area contributed by atoms with Gasteiger partial charge in [-0.15, -0.1) is 0 Å². The topological polar surface area (TPSA) is 41.5 Å². The van der Waals surface area contributed by atoms with Crippen LogP contribution in [0.2, 0.25) is 0 Å². The monoisotopic (exact) mass is 179 g/mol. The molecule has 1 aliphatic heterocycles. The normalized spacial score (nSPS) is 20.3. The predicted molar refractivity (Wildman–Crippen MR) is 51.2 cm³/mol. The van der Waals surface area contributed by atoms with Crippen molar-refractivity contribution in [2.45, 2.75) is 12.5 Å². The summed E-state index contributed by atoms with van der Waals surface area (Å²) in [6.45, 7) is 0.638. The van der Waals surface area contributed by atoms with E-state index in [2.05, 4.69) is 5.32 Å². The molecule has 0 radical (unpaired) electrons. The van der Waals surface area contributed by atoms with Crippen LogP contribution in [0.25, 0.3) is 0 Å². The molecule has 1 heterocycles. The number of hydrogen-bond donors (Lipinski definition) is 2. The number of fused-ring (bicyclic) bond motifs is 1. The molecular weight excluding hydrogens is 166 g/mol. The Balaban J connectivity index is 2.32. The zero-order valence-corrected chi connectivity index (χ0v) is 7.58. The molecule has 3 nitrogen and oxygen atoms in total. The van der Waals surface area contributed by atoms with Crippen molar-refractivity contribution in [2.24, 2.45) is 0 Å². The number of methoxy groups -OCH3 is 1. The van der Waals surface area contributed by atoms with E-state index in [0.717, 1.165) is 17.0 Å². The van der Waals surface area contributed by atoms with E-state index in [9.17, 15) is 5.11 Å². The summed E-state index contributed by atoms with van der Waals surface area (Å²) in [4.78, 5) is 0. The third-order valence-electron chi connectivity index (χ3n) is 2.30. The molecule has 2 N–H and O–H groups in total. The van der Waals surface area contributed by atoms with Crippen molar-refractivity contribution in [3.05, 3.63) is 23.8 Å². The molecule has 0 saturated heterocycles. The quantitative estimate of drug-likeness (QED) is 0.676. The van der Waals surface area contributed by atoms with Crippen LogP contribution in [0.4, 0.5) is 5.69 Å². The number of ether oxygens (including phenoxy) is 1. The third-order valence-corrected chi connectivity index (χ3v) is 2.30. The molecule has 1 aliphatic rings. The largest absolute Gasteiger partial charge is 0.497 e. The summed E-state index contributed by atoms with van der Waals surface area (Å²) >= 11 is 0. The van der Waals surface area contributed by atoms with Crippen LogP contribution in [0.15, 0.2) is 18.2 Å². The summed E-state index contributed by atoms with van der Waals surface area (Å²) in [5.41, 5.74) is 2.23. The first-order chi connectivity index (χ1) is 6.29. The van der Waals surface area contributed by atoms with Crippen molar-refractivity contribution >= 4 is 5.69 Å². The number of benzene rings is 1. The van der Waals surface area contributed by atoms with Crippen LogP contribution in [0.1, 0.15) is 5.56 Å². The van der Waals surface area contributed by atoms with Crippen molar-refractivity contribution < 1.29 is 9.84 Å². The fraction of sp³-hybridized carbons (Fsp3) is 0.400. The molecule has 0 aromatic heterocycles. The maximum absolute atomic E-state index is 9.42. The Labute approximate surface area is 77.3 Å². The molecule has 1 unspecified atom stereocenters. The lowest BCUT2D eigenvalue weighted by Crippen LogP contribution is -2.27. The van der Waals surface area contributed by atoms with Gasteiger partial charge in [-0.1, -0.05) is 0 Å². The van der Waals surface area contributed by atoms with Gasteiger partial charge >= 0.3 is 0 Å². The van der Waals surface area contributed by atoms with E-state index in [-0.39, 0.29) is 6.10 Å². The minimum Gasteiger partial charge on any atom is -0.497 e. The lowest BCUT2D eigenvalue weighted by atomic mass is 10.0. The Morgan fingerprint density at radius 2 is 2.38 bits per heavy atom. The van der Waals surface area contributed by atoms with Gasteiger partial charge in [0.2, 0.25) is 0 Å². The van der Waals surface area contributed by atoms with Crippen LogP contribution >= 0.6 is 0 Å². The van der Waals surface area contributed by atoms with Gasteiger partial charge in [0.15, 0.2) is 0 Å². The minimum atomic E-state index is -0.278. The molecule has 1 atom stereocenters. The van der Waals surface area contributed by atoms with E-state index >= 15 is 0 Å². The molecule has 0 bridgehead atoms. The fourth-order valence-corrected chi connectivity index (χ4v) is 1.59. The second-order valence-corrected chi connectivity index (χ2v) is 3.26. The number of β-amino-alcohol motifs (C(OH)–C–C–N with tert-alkyl or cyclic N) is 1. The zero-order chi connectivity index (χ0) is 9.26. The Bertz CT molecular complexity index is 312. The van der Waals surface area contributed by atoms with E-state index in [1.54, 1.807) is 7.11 Å². The predicted octanol–water partition coefficient (Wildman–Crippen LogP) is 1.02. The van der Waals surface area contributed by atoms with Crippen molar-refractivity contribution in [3.8, 4) is 5.75 Å². The van der Waals surface area contributed by atoms with Crippen molar-refractivity contribution in [2.75, 3.05) is 19.0 Å². The number of hydrogen-bond acceptors (Lipinski definition) is 3. The second-order valence-electron chi connectivity index (χ2n) is 3.26. The van der Waals surface area contributed by atoms with Crippen LogP contribution < -0.4 is 10.1 Å². The Morgan fingerprint density at radius 3 is 3.15 bits per heavy atom. The Kier molecular flexibility index (Phi) is 2.10. The highest BCUT2D eigenvalue weighted by Gasteiger charge is 2.15. The van der Waals surface area contributed by atoms with Crippen LogP contribution in [-0.2, 0) is 6.42 Å².